The molecule has 1 N–H and O–H groups in total. The van der Waals surface area contributed by atoms with Crippen LogP contribution in [0, 0.1) is 12.8 Å². The lowest BCUT2D eigenvalue weighted by Crippen LogP contribution is -2.34. The molecule has 5 heteroatoms. The van der Waals surface area contributed by atoms with Crippen LogP contribution in [0.25, 0.3) is 0 Å². The van der Waals surface area contributed by atoms with E-state index in [0.717, 1.165) is 25.0 Å². The molecule has 2 unspecified atom stereocenters. The zero-order valence-corrected chi connectivity index (χ0v) is 12.9. The Morgan fingerprint density at radius 1 is 1.53 bits per heavy atom. The molecule has 1 aliphatic rings. The van der Waals surface area contributed by atoms with Crippen molar-refractivity contribution < 1.29 is 9.90 Å². The Morgan fingerprint density at radius 2 is 2.26 bits per heavy atom. The zero-order valence-electron chi connectivity index (χ0n) is 11.3. The highest BCUT2D eigenvalue weighted by Gasteiger charge is 2.28. The molecule has 0 spiro atoms. The van der Waals surface area contributed by atoms with Crippen LogP contribution < -0.4 is 0 Å². The molecule has 1 heterocycles. The van der Waals surface area contributed by atoms with Gasteiger partial charge in [-0.15, -0.1) is 0 Å². The number of carbonyl (C=O) groups excluding carboxylic acids is 1. The maximum atomic E-state index is 12.3. The van der Waals surface area contributed by atoms with Gasteiger partial charge in [-0.2, -0.15) is 0 Å². The molecule has 0 radical (unpaired) electrons. The van der Waals surface area contributed by atoms with Gasteiger partial charge in [-0.05, 0) is 47.8 Å². The largest absolute Gasteiger partial charge is 0.393 e. The second-order valence-electron chi connectivity index (χ2n) is 5.24. The van der Waals surface area contributed by atoms with Crippen LogP contribution in [0.1, 0.15) is 35.3 Å². The van der Waals surface area contributed by atoms with Crippen LogP contribution >= 0.6 is 15.9 Å². The molecular weight excluding hydrogens is 308 g/mol. The minimum atomic E-state index is -0.269. The number of aryl methyl sites for hydroxylation is 1. The van der Waals surface area contributed by atoms with Crippen molar-refractivity contribution in [3.8, 4) is 0 Å². The normalized spacial score (nSPS) is 22.5. The smallest absolute Gasteiger partial charge is 0.256 e. The second-order valence-corrected chi connectivity index (χ2v) is 5.99. The molecule has 4 nitrogen and oxygen atoms in total. The molecule has 1 aromatic rings. The van der Waals surface area contributed by atoms with E-state index in [-0.39, 0.29) is 17.9 Å². The summed E-state index contributed by atoms with van der Waals surface area (Å²) >= 11 is 3.33. The maximum Gasteiger partial charge on any atom is 0.256 e. The number of hydrogen-bond acceptors (Lipinski definition) is 3. The molecule has 1 aromatic heterocycles. The van der Waals surface area contributed by atoms with Crippen molar-refractivity contribution in [1.29, 1.82) is 0 Å². The molecule has 0 aromatic carbocycles. The lowest BCUT2D eigenvalue weighted by Gasteiger charge is -2.23. The number of pyridine rings is 1. The molecule has 104 valence electrons. The van der Waals surface area contributed by atoms with Crippen molar-refractivity contribution in [3.63, 3.8) is 0 Å². The van der Waals surface area contributed by atoms with Gasteiger partial charge in [0.1, 0.15) is 4.60 Å². The first-order valence-corrected chi connectivity index (χ1v) is 7.35. The van der Waals surface area contributed by atoms with Crippen molar-refractivity contribution in [2.24, 2.45) is 5.92 Å². The summed E-state index contributed by atoms with van der Waals surface area (Å²) in [5, 5.41) is 9.82. The van der Waals surface area contributed by atoms with E-state index in [4.69, 9.17) is 0 Å². The lowest BCUT2D eigenvalue weighted by atomic mass is 10.1. The van der Waals surface area contributed by atoms with Crippen LogP contribution in [0.2, 0.25) is 0 Å². The molecule has 1 aliphatic carbocycles. The number of aliphatic hydroxyl groups excluding tert-OH is 1. The number of hydrogen-bond donors (Lipinski definition) is 1. The number of rotatable bonds is 3. The molecule has 2 atom stereocenters. The number of nitrogens with zero attached hydrogens (tertiary/aromatic N) is 2. The van der Waals surface area contributed by atoms with E-state index in [1.807, 2.05) is 13.0 Å². The number of aromatic nitrogens is 1. The molecule has 1 saturated carbocycles. The summed E-state index contributed by atoms with van der Waals surface area (Å²) in [6, 6.07) is 3.62. The van der Waals surface area contributed by atoms with E-state index in [0.29, 0.717) is 16.7 Å². The van der Waals surface area contributed by atoms with E-state index in [1.165, 1.54) is 0 Å². The van der Waals surface area contributed by atoms with Gasteiger partial charge in [-0.25, -0.2) is 4.98 Å². The van der Waals surface area contributed by atoms with E-state index >= 15 is 0 Å². The van der Waals surface area contributed by atoms with E-state index in [9.17, 15) is 9.90 Å². The Bertz CT molecular complexity index is 479. The first-order valence-electron chi connectivity index (χ1n) is 6.55. The number of amides is 1. The van der Waals surface area contributed by atoms with Gasteiger partial charge in [0.15, 0.2) is 0 Å². The van der Waals surface area contributed by atoms with Crippen LogP contribution in [0.5, 0.6) is 0 Å². The third-order valence-electron chi connectivity index (χ3n) is 3.69. The Kier molecular flexibility index (Phi) is 4.58. The summed E-state index contributed by atoms with van der Waals surface area (Å²) in [7, 11) is 1.78. The quantitative estimate of drug-likeness (QED) is 0.868. The summed E-state index contributed by atoms with van der Waals surface area (Å²) in [6.07, 6.45) is 2.62. The molecule has 1 amide bonds. The minimum Gasteiger partial charge on any atom is -0.393 e. The van der Waals surface area contributed by atoms with Gasteiger partial charge in [0, 0.05) is 25.2 Å². The average molecular weight is 327 g/mol. The highest BCUT2D eigenvalue weighted by molar-refractivity contribution is 9.10. The fraction of sp³-hybridized carbons (Fsp3) is 0.571. The third-order valence-corrected chi connectivity index (χ3v) is 4.30. The standard InChI is InChI=1S/C14H19BrN2O2/c1-9-6-7-11(13(15)16-9)14(19)17(2)8-10-4-3-5-12(10)18/h6-7,10,12,18H,3-5,8H2,1-2H3. The van der Waals surface area contributed by atoms with Crippen LogP contribution in [0.4, 0.5) is 0 Å². The van der Waals surface area contributed by atoms with Gasteiger partial charge in [-0.3, -0.25) is 4.79 Å². The Labute approximate surface area is 122 Å². The summed E-state index contributed by atoms with van der Waals surface area (Å²) in [5.41, 5.74) is 1.44. The van der Waals surface area contributed by atoms with Crippen molar-refractivity contribution in [2.45, 2.75) is 32.3 Å². The second kappa shape index (κ2) is 6.01. The minimum absolute atomic E-state index is 0.0570. The molecule has 2 rings (SSSR count). The highest BCUT2D eigenvalue weighted by Crippen LogP contribution is 2.26. The molecule has 0 bridgehead atoms. The summed E-state index contributed by atoms with van der Waals surface area (Å²) < 4.78 is 0.580. The Hall–Kier alpha value is -0.940. The molecule has 0 aliphatic heterocycles. The molecule has 19 heavy (non-hydrogen) atoms. The predicted octanol–water partition coefficient (Wildman–Crippen LogP) is 2.39. The van der Waals surface area contributed by atoms with Gasteiger partial charge in [0.05, 0.1) is 11.7 Å². The Balaban J connectivity index is 2.06. The monoisotopic (exact) mass is 326 g/mol. The van der Waals surface area contributed by atoms with Crippen LogP contribution in [-0.2, 0) is 0 Å². The van der Waals surface area contributed by atoms with Gasteiger partial charge in [0.25, 0.3) is 5.91 Å². The van der Waals surface area contributed by atoms with Crippen LogP contribution in [0.15, 0.2) is 16.7 Å². The number of carbonyl (C=O) groups is 1. The van der Waals surface area contributed by atoms with Crippen molar-refractivity contribution in [2.75, 3.05) is 13.6 Å². The van der Waals surface area contributed by atoms with Gasteiger partial charge < -0.3 is 10.0 Å². The first-order chi connectivity index (χ1) is 8.99. The first kappa shape index (κ1) is 14.5. The number of halogens is 1. The van der Waals surface area contributed by atoms with E-state index in [2.05, 4.69) is 20.9 Å². The molecular formula is C14H19BrN2O2. The highest BCUT2D eigenvalue weighted by atomic mass is 79.9. The van der Waals surface area contributed by atoms with E-state index < -0.39 is 0 Å². The summed E-state index contributed by atoms with van der Waals surface area (Å²) in [4.78, 5) is 18.3. The molecule has 1 fully saturated rings. The average Bonchev–Trinajstić information content (AvgIpc) is 2.74. The van der Waals surface area contributed by atoms with Crippen LogP contribution in [0.3, 0.4) is 0 Å². The van der Waals surface area contributed by atoms with Gasteiger partial charge in [-0.1, -0.05) is 6.42 Å². The van der Waals surface area contributed by atoms with Crippen molar-refractivity contribution in [1.82, 2.24) is 9.88 Å². The maximum absolute atomic E-state index is 12.3. The van der Waals surface area contributed by atoms with Crippen molar-refractivity contribution >= 4 is 21.8 Å². The fourth-order valence-corrected chi connectivity index (χ4v) is 3.14. The van der Waals surface area contributed by atoms with E-state index in [1.54, 1.807) is 18.0 Å². The number of aliphatic hydroxyl groups is 1. The molecule has 0 saturated heterocycles. The zero-order chi connectivity index (χ0) is 14.0. The van der Waals surface area contributed by atoms with Crippen LogP contribution in [-0.4, -0.2) is 40.6 Å². The SMILES string of the molecule is Cc1ccc(C(=O)N(C)CC2CCCC2O)c(Br)n1. The Morgan fingerprint density at radius 3 is 2.84 bits per heavy atom. The lowest BCUT2D eigenvalue weighted by molar-refractivity contribution is 0.0692. The van der Waals surface area contributed by atoms with Crippen molar-refractivity contribution in [3.05, 3.63) is 28.0 Å². The fourth-order valence-electron chi connectivity index (χ4n) is 2.56. The topological polar surface area (TPSA) is 53.4 Å². The van der Waals surface area contributed by atoms with Gasteiger partial charge in [0.2, 0.25) is 0 Å². The van der Waals surface area contributed by atoms with Gasteiger partial charge >= 0.3 is 0 Å². The summed E-state index contributed by atoms with van der Waals surface area (Å²) in [5.74, 6) is 0.143. The summed E-state index contributed by atoms with van der Waals surface area (Å²) in [6.45, 7) is 2.48. The third kappa shape index (κ3) is 3.34. The predicted molar refractivity (Wildman–Crippen MR) is 77.0 cm³/mol.